The van der Waals surface area contributed by atoms with Crippen LogP contribution < -0.4 is 10.9 Å². The minimum Gasteiger partial charge on any atom is -0.430 e. The highest BCUT2D eigenvalue weighted by molar-refractivity contribution is 6.07. The fraction of sp³-hybridized carbons (Fsp3) is 0.333. The number of carbonyl (C=O) groups is 3. The molecule has 1 aromatic rings. The fourth-order valence-electron chi connectivity index (χ4n) is 1.93. The largest absolute Gasteiger partial charge is 0.430 e. The first-order valence-corrected chi connectivity index (χ1v) is 5.76. The van der Waals surface area contributed by atoms with Crippen molar-refractivity contribution in [2.45, 2.75) is 19.4 Å². The van der Waals surface area contributed by atoms with Crippen LogP contribution in [-0.4, -0.2) is 35.2 Å². The van der Waals surface area contributed by atoms with E-state index in [1.54, 1.807) is 6.92 Å². The molecule has 0 saturated carbocycles. The predicted octanol–water partition coefficient (Wildman–Crippen LogP) is -0.483. The molecule has 2 heterocycles. The second kappa shape index (κ2) is 5.05. The van der Waals surface area contributed by atoms with Crippen LogP contribution in [0.2, 0.25) is 0 Å². The summed E-state index contributed by atoms with van der Waals surface area (Å²) in [5.74, 6) is -1.54. The molecule has 1 aliphatic heterocycles. The van der Waals surface area contributed by atoms with Crippen molar-refractivity contribution in [3.63, 3.8) is 0 Å². The van der Waals surface area contributed by atoms with Gasteiger partial charge in [0, 0.05) is 6.07 Å². The number of amides is 3. The van der Waals surface area contributed by atoms with Gasteiger partial charge in [-0.2, -0.15) is 0 Å². The zero-order valence-electron chi connectivity index (χ0n) is 10.2. The molecule has 1 N–H and O–H groups in total. The summed E-state index contributed by atoms with van der Waals surface area (Å²) < 4.78 is 4.60. The first-order chi connectivity index (χ1) is 9.02. The normalized spacial score (nSPS) is 19.2. The van der Waals surface area contributed by atoms with E-state index in [4.69, 9.17) is 0 Å². The second-order valence-electron chi connectivity index (χ2n) is 4.11. The summed E-state index contributed by atoms with van der Waals surface area (Å²) in [5, 5.41) is 2.18. The minimum atomic E-state index is -0.697. The van der Waals surface area contributed by atoms with Crippen LogP contribution in [0.1, 0.15) is 23.7 Å². The van der Waals surface area contributed by atoms with Crippen LogP contribution in [0.5, 0.6) is 0 Å². The Morgan fingerprint density at radius 1 is 1.42 bits per heavy atom. The number of piperazine rings is 1. The Labute approximate surface area is 108 Å². The molecule has 7 heteroatoms. The van der Waals surface area contributed by atoms with Gasteiger partial charge in [-0.3, -0.25) is 19.7 Å². The summed E-state index contributed by atoms with van der Waals surface area (Å²) in [6, 6.07) is 1.72. The first kappa shape index (κ1) is 13.0. The van der Waals surface area contributed by atoms with E-state index in [2.05, 4.69) is 9.73 Å². The molecule has 1 fully saturated rings. The van der Waals surface area contributed by atoms with Crippen molar-refractivity contribution in [1.82, 2.24) is 10.2 Å². The van der Waals surface area contributed by atoms with E-state index in [-0.39, 0.29) is 12.1 Å². The number of nitrogens with one attached hydrogen (secondary N) is 1. The molecule has 0 spiro atoms. The van der Waals surface area contributed by atoms with Gasteiger partial charge in [0.1, 0.15) is 18.8 Å². The number of nitrogens with zero attached hydrogens (tertiary/aromatic N) is 1. The maximum absolute atomic E-state index is 12.2. The van der Waals surface area contributed by atoms with Gasteiger partial charge in [0.05, 0.1) is 5.56 Å². The molecule has 7 nitrogen and oxygen atoms in total. The third kappa shape index (κ3) is 2.54. The van der Waals surface area contributed by atoms with E-state index < -0.39 is 29.4 Å². The summed E-state index contributed by atoms with van der Waals surface area (Å²) >= 11 is 0. The predicted molar refractivity (Wildman–Crippen MR) is 63.2 cm³/mol. The summed E-state index contributed by atoms with van der Waals surface area (Å²) in [6.07, 6.45) is 1.41. The zero-order valence-corrected chi connectivity index (χ0v) is 10.2. The standard InChI is InChI=1S/C12H12N2O5/c1-2-8-11(17)13-9(15)5-14(8)12(18)7-3-4-10(16)19-6-7/h3-4,6,8H,2,5H2,1H3,(H,13,15,17). The van der Waals surface area contributed by atoms with Gasteiger partial charge < -0.3 is 9.32 Å². The van der Waals surface area contributed by atoms with Crippen LogP contribution in [-0.2, 0) is 9.59 Å². The Morgan fingerprint density at radius 2 is 2.16 bits per heavy atom. The van der Waals surface area contributed by atoms with Crippen LogP contribution in [0.15, 0.2) is 27.6 Å². The Kier molecular flexibility index (Phi) is 3.46. The summed E-state index contributed by atoms with van der Waals surface area (Å²) in [7, 11) is 0. The van der Waals surface area contributed by atoms with E-state index in [1.807, 2.05) is 0 Å². The van der Waals surface area contributed by atoms with Gasteiger partial charge in [0.25, 0.3) is 5.91 Å². The maximum Gasteiger partial charge on any atom is 0.335 e. The molecule has 1 aliphatic rings. The average molecular weight is 264 g/mol. The second-order valence-corrected chi connectivity index (χ2v) is 4.11. The number of rotatable bonds is 2. The van der Waals surface area contributed by atoms with Crippen LogP contribution in [0.4, 0.5) is 0 Å². The lowest BCUT2D eigenvalue weighted by Gasteiger charge is -2.33. The molecule has 1 unspecified atom stereocenters. The van der Waals surface area contributed by atoms with Crippen molar-refractivity contribution in [1.29, 1.82) is 0 Å². The lowest BCUT2D eigenvalue weighted by Crippen LogP contribution is -2.59. The molecule has 3 amide bonds. The number of imide groups is 1. The SMILES string of the molecule is CCC1C(=O)NC(=O)CN1C(=O)c1ccc(=O)oc1. The van der Waals surface area contributed by atoms with Crippen molar-refractivity contribution < 1.29 is 18.8 Å². The van der Waals surface area contributed by atoms with Crippen LogP contribution in [0, 0.1) is 0 Å². The van der Waals surface area contributed by atoms with Gasteiger partial charge in [0.2, 0.25) is 11.8 Å². The zero-order chi connectivity index (χ0) is 14.0. The fourth-order valence-corrected chi connectivity index (χ4v) is 1.93. The number of carbonyl (C=O) groups excluding carboxylic acids is 3. The number of hydrogen-bond donors (Lipinski definition) is 1. The Hall–Kier alpha value is -2.44. The number of hydrogen-bond acceptors (Lipinski definition) is 5. The molecular formula is C12H12N2O5. The molecule has 0 aliphatic carbocycles. The van der Waals surface area contributed by atoms with Crippen molar-refractivity contribution in [2.24, 2.45) is 0 Å². The summed E-state index contributed by atoms with van der Waals surface area (Å²) in [5.41, 5.74) is -0.448. The highest BCUT2D eigenvalue weighted by Crippen LogP contribution is 2.13. The topological polar surface area (TPSA) is 96.7 Å². The van der Waals surface area contributed by atoms with Gasteiger partial charge in [-0.25, -0.2) is 4.79 Å². The van der Waals surface area contributed by atoms with Crippen molar-refractivity contribution in [2.75, 3.05) is 6.54 Å². The summed E-state index contributed by atoms with van der Waals surface area (Å²) in [6.45, 7) is 1.55. The van der Waals surface area contributed by atoms with Gasteiger partial charge in [0.15, 0.2) is 0 Å². The third-order valence-electron chi connectivity index (χ3n) is 2.85. The highest BCUT2D eigenvalue weighted by atomic mass is 16.4. The Morgan fingerprint density at radius 3 is 2.74 bits per heavy atom. The first-order valence-electron chi connectivity index (χ1n) is 5.76. The van der Waals surface area contributed by atoms with Crippen LogP contribution >= 0.6 is 0 Å². The molecule has 0 aromatic carbocycles. The monoisotopic (exact) mass is 264 g/mol. The summed E-state index contributed by atoms with van der Waals surface area (Å²) in [4.78, 5) is 47.2. The van der Waals surface area contributed by atoms with Gasteiger partial charge in [-0.15, -0.1) is 0 Å². The third-order valence-corrected chi connectivity index (χ3v) is 2.85. The van der Waals surface area contributed by atoms with Gasteiger partial charge in [-0.05, 0) is 12.5 Å². The molecule has 2 rings (SSSR count). The van der Waals surface area contributed by atoms with E-state index in [0.29, 0.717) is 6.42 Å². The Balaban J connectivity index is 2.29. The minimum absolute atomic E-state index is 0.126. The van der Waals surface area contributed by atoms with E-state index in [1.165, 1.54) is 11.0 Å². The molecule has 0 bridgehead atoms. The van der Waals surface area contributed by atoms with Gasteiger partial charge in [-0.1, -0.05) is 6.92 Å². The van der Waals surface area contributed by atoms with Gasteiger partial charge >= 0.3 is 5.63 Å². The lowest BCUT2D eigenvalue weighted by atomic mass is 10.1. The van der Waals surface area contributed by atoms with E-state index >= 15 is 0 Å². The lowest BCUT2D eigenvalue weighted by molar-refractivity contribution is -0.138. The van der Waals surface area contributed by atoms with Crippen LogP contribution in [0.25, 0.3) is 0 Å². The van der Waals surface area contributed by atoms with Crippen LogP contribution in [0.3, 0.4) is 0 Å². The average Bonchev–Trinajstić information content (AvgIpc) is 2.38. The van der Waals surface area contributed by atoms with Crippen molar-refractivity contribution in [3.05, 3.63) is 34.4 Å². The maximum atomic E-state index is 12.2. The van der Waals surface area contributed by atoms with Crippen molar-refractivity contribution >= 4 is 17.7 Å². The molecule has 1 atom stereocenters. The Bertz CT molecular complexity index is 572. The molecule has 19 heavy (non-hydrogen) atoms. The van der Waals surface area contributed by atoms with Crippen molar-refractivity contribution in [3.8, 4) is 0 Å². The highest BCUT2D eigenvalue weighted by Gasteiger charge is 2.35. The molecular weight excluding hydrogens is 252 g/mol. The molecule has 1 aromatic heterocycles. The molecule has 100 valence electrons. The van der Waals surface area contributed by atoms with E-state index in [0.717, 1.165) is 12.3 Å². The molecule has 1 saturated heterocycles. The smallest absolute Gasteiger partial charge is 0.335 e. The molecule has 0 radical (unpaired) electrons. The van der Waals surface area contributed by atoms with E-state index in [9.17, 15) is 19.2 Å². The quantitative estimate of drug-likeness (QED) is 0.727.